The van der Waals surface area contributed by atoms with Crippen LogP contribution >= 0.6 is 27.7 Å². The SMILES string of the molecule is CCOc1cc(OCC)c(/C=C2/SC(=Nc3ccc(N4CCOCC4)cc3)N(C)C2=O)cc1Br. The molecule has 1 amide bonds. The van der Waals surface area contributed by atoms with E-state index < -0.39 is 0 Å². The third-order valence-electron chi connectivity index (χ3n) is 5.40. The van der Waals surface area contributed by atoms with Gasteiger partial charge in [0.05, 0.1) is 41.5 Å². The number of carbonyl (C=O) groups excluding carboxylic acids is 1. The molecule has 2 aromatic carbocycles. The Bertz CT molecular complexity index is 1100. The Balaban J connectivity index is 1.56. The minimum atomic E-state index is -0.0962. The lowest BCUT2D eigenvalue weighted by Gasteiger charge is -2.28. The first-order valence-electron chi connectivity index (χ1n) is 11.3. The number of likely N-dealkylation sites (N-methyl/N-ethyl adjacent to an activating group) is 1. The van der Waals surface area contributed by atoms with Gasteiger partial charge in [0.25, 0.3) is 5.91 Å². The van der Waals surface area contributed by atoms with Crippen molar-refractivity contribution in [2.45, 2.75) is 13.8 Å². The van der Waals surface area contributed by atoms with Crippen LogP contribution in [0.3, 0.4) is 0 Å². The average Bonchev–Trinajstić information content (AvgIpc) is 3.11. The molecule has 0 N–H and O–H groups in total. The number of anilines is 1. The molecule has 4 rings (SSSR count). The molecule has 0 saturated carbocycles. The number of hydrogen-bond acceptors (Lipinski definition) is 7. The minimum absolute atomic E-state index is 0.0962. The fourth-order valence-electron chi connectivity index (χ4n) is 3.67. The summed E-state index contributed by atoms with van der Waals surface area (Å²) >= 11 is 4.91. The Morgan fingerprint density at radius 2 is 1.76 bits per heavy atom. The van der Waals surface area contributed by atoms with E-state index in [1.54, 1.807) is 11.9 Å². The van der Waals surface area contributed by atoms with Gasteiger partial charge in [0.2, 0.25) is 0 Å². The summed E-state index contributed by atoms with van der Waals surface area (Å²) in [6, 6.07) is 11.9. The number of rotatable bonds is 7. The van der Waals surface area contributed by atoms with E-state index in [0.29, 0.717) is 34.8 Å². The van der Waals surface area contributed by atoms with Crippen molar-refractivity contribution in [3.05, 3.63) is 51.3 Å². The Morgan fingerprint density at radius 1 is 1.09 bits per heavy atom. The van der Waals surface area contributed by atoms with Crippen molar-refractivity contribution in [1.29, 1.82) is 0 Å². The van der Waals surface area contributed by atoms with Gasteiger partial charge in [-0.2, -0.15) is 0 Å². The van der Waals surface area contributed by atoms with Crippen LogP contribution in [0.25, 0.3) is 6.08 Å². The molecule has 34 heavy (non-hydrogen) atoms. The summed E-state index contributed by atoms with van der Waals surface area (Å²) in [5.74, 6) is 1.28. The van der Waals surface area contributed by atoms with Gasteiger partial charge in [-0.05, 0) is 77.9 Å². The summed E-state index contributed by atoms with van der Waals surface area (Å²) in [7, 11) is 1.74. The van der Waals surface area contributed by atoms with Crippen LogP contribution in [0.5, 0.6) is 11.5 Å². The Labute approximate surface area is 212 Å². The first kappa shape index (κ1) is 24.6. The van der Waals surface area contributed by atoms with Crippen LogP contribution < -0.4 is 14.4 Å². The van der Waals surface area contributed by atoms with E-state index >= 15 is 0 Å². The van der Waals surface area contributed by atoms with Crippen LogP contribution in [-0.4, -0.2) is 62.5 Å². The van der Waals surface area contributed by atoms with Gasteiger partial charge in [0.1, 0.15) is 11.5 Å². The molecular weight excluding hydrogens is 518 g/mol. The number of amidine groups is 1. The van der Waals surface area contributed by atoms with E-state index in [9.17, 15) is 4.79 Å². The lowest BCUT2D eigenvalue weighted by atomic mass is 10.1. The van der Waals surface area contributed by atoms with E-state index in [1.807, 2.05) is 44.2 Å². The highest BCUT2D eigenvalue weighted by molar-refractivity contribution is 9.10. The summed E-state index contributed by atoms with van der Waals surface area (Å²) in [6.45, 7) is 8.20. The standard InChI is InChI=1S/C25H28BrN3O4S/c1-4-32-21-16-22(33-5-2)20(26)14-17(21)15-23-24(30)28(3)25(34-23)27-18-6-8-19(9-7-18)29-10-12-31-13-11-29/h6-9,14-16H,4-5,10-13H2,1-3H3/b23-15+,27-25?. The van der Waals surface area contributed by atoms with Gasteiger partial charge in [0, 0.05) is 37.5 Å². The quantitative estimate of drug-likeness (QED) is 0.439. The van der Waals surface area contributed by atoms with E-state index in [4.69, 9.17) is 19.2 Å². The number of hydrogen-bond donors (Lipinski definition) is 0. The van der Waals surface area contributed by atoms with Crippen LogP contribution in [-0.2, 0) is 9.53 Å². The van der Waals surface area contributed by atoms with E-state index in [1.165, 1.54) is 11.8 Å². The fraction of sp³-hybridized carbons (Fsp3) is 0.360. The molecule has 2 aliphatic heterocycles. The summed E-state index contributed by atoms with van der Waals surface area (Å²) in [5, 5.41) is 0.637. The molecule has 2 heterocycles. The lowest BCUT2D eigenvalue weighted by Crippen LogP contribution is -2.36. The summed E-state index contributed by atoms with van der Waals surface area (Å²) in [5.41, 5.74) is 2.76. The maximum atomic E-state index is 13.0. The number of nitrogens with zero attached hydrogens (tertiary/aromatic N) is 3. The first-order chi connectivity index (χ1) is 16.5. The second kappa shape index (κ2) is 11.3. The molecule has 2 aromatic rings. The van der Waals surface area contributed by atoms with Gasteiger partial charge in [-0.1, -0.05) is 0 Å². The molecule has 0 bridgehead atoms. The zero-order chi connectivity index (χ0) is 24.1. The highest BCUT2D eigenvalue weighted by Crippen LogP contribution is 2.38. The van der Waals surface area contributed by atoms with Gasteiger partial charge in [-0.25, -0.2) is 4.99 Å². The first-order valence-corrected chi connectivity index (χ1v) is 12.9. The summed E-state index contributed by atoms with van der Waals surface area (Å²) < 4.78 is 17.7. The van der Waals surface area contributed by atoms with E-state index in [0.717, 1.165) is 47.7 Å². The zero-order valence-electron chi connectivity index (χ0n) is 19.5. The highest BCUT2D eigenvalue weighted by Gasteiger charge is 2.31. The molecule has 0 radical (unpaired) electrons. The number of amides is 1. The van der Waals surface area contributed by atoms with Gasteiger partial charge in [-0.3, -0.25) is 9.69 Å². The predicted molar refractivity (Wildman–Crippen MR) is 141 cm³/mol. The molecule has 9 heteroatoms. The largest absolute Gasteiger partial charge is 0.493 e. The molecular formula is C25H28BrN3O4S. The van der Waals surface area contributed by atoms with E-state index in [2.05, 4.69) is 33.0 Å². The van der Waals surface area contributed by atoms with Gasteiger partial charge < -0.3 is 19.1 Å². The molecule has 7 nitrogen and oxygen atoms in total. The number of thioether (sulfide) groups is 1. The second-order valence-corrected chi connectivity index (χ2v) is 9.53. The van der Waals surface area contributed by atoms with Crippen LogP contribution in [0.2, 0.25) is 0 Å². The van der Waals surface area contributed by atoms with Gasteiger partial charge in [-0.15, -0.1) is 0 Å². The smallest absolute Gasteiger partial charge is 0.266 e. The summed E-state index contributed by atoms with van der Waals surface area (Å²) in [6.07, 6.45) is 1.85. The van der Waals surface area contributed by atoms with Gasteiger partial charge >= 0.3 is 0 Å². The van der Waals surface area contributed by atoms with E-state index in [-0.39, 0.29) is 5.91 Å². The molecule has 2 saturated heterocycles. The molecule has 0 aliphatic carbocycles. The minimum Gasteiger partial charge on any atom is -0.493 e. The topological polar surface area (TPSA) is 63.6 Å². The fourth-order valence-corrected chi connectivity index (χ4v) is 5.13. The van der Waals surface area contributed by atoms with Crippen LogP contribution in [0.1, 0.15) is 19.4 Å². The molecule has 180 valence electrons. The molecule has 0 spiro atoms. The maximum absolute atomic E-state index is 13.0. The molecule has 2 fully saturated rings. The molecule has 0 atom stereocenters. The zero-order valence-corrected chi connectivity index (χ0v) is 21.9. The number of benzene rings is 2. The van der Waals surface area contributed by atoms with Crippen LogP contribution in [0, 0.1) is 0 Å². The Hall–Kier alpha value is -2.49. The maximum Gasteiger partial charge on any atom is 0.266 e. The number of ether oxygens (including phenoxy) is 3. The molecule has 0 aromatic heterocycles. The van der Waals surface area contributed by atoms with Crippen molar-refractivity contribution >= 4 is 56.2 Å². The van der Waals surface area contributed by atoms with Crippen molar-refractivity contribution in [3.63, 3.8) is 0 Å². The number of morpholine rings is 1. The normalized spacial score (nSPS) is 18.8. The van der Waals surface area contributed by atoms with Gasteiger partial charge in [0.15, 0.2) is 5.17 Å². The highest BCUT2D eigenvalue weighted by atomic mass is 79.9. The third-order valence-corrected chi connectivity index (χ3v) is 7.08. The Morgan fingerprint density at radius 3 is 2.44 bits per heavy atom. The summed E-state index contributed by atoms with van der Waals surface area (Å²) in [4.78, 5) is 22.1. The molecule has 2 aliphatic rings. The monoisotopic (exact) mass is 545 g/mol. The van der Waals surface area contributed by atoms with Crippen LogP contribution in [0.15, 0.2) is 50.8 Å². The number of aliphatic imine (C=N–C) groups is 1. The third kappa shape index (κ3) is 5.59. The number of halogens is 1. The lowest BCUT2D eigenvalue weighted by molar-refractivity contribution is -0.121. The number of carbonyl (C=O) groups is 1. The predicted octanol–water partition coefficient (Wildman–Crippen LogP) is 5.32. The van der Waals surface area contributed by atoms with Crippen molar-refractivity contribution in [1.82, 2.24) is 4.90 Å². The Kier molecular flexibility index (Phi) is 8.18. The van der Waals surface area contributed by atoms with Crippen molar-refractivity contribution in [2.75, 3.05) is 51.5 Å². The molecule has 0 unspecified atom stereocenters. The average molecular weight is 546 g/mol. The van der Waals surface area contributed by atoms with Crippen molar-refractivity contribution in [2.24, 2.45) is 4.99 Å². The van der Waals surface area contributed by atoms with Crippen LogP contribution in [0.4, 0.5) is 11.4 Å². The van der Waals surface area contributed by atoms with Crippen molar-refractivity contribution < 1.29 is 19.0 Å². The second-order valence-electron chi connectivity index (χ2n) is 7.67. The van der Waals surface area contributed by atoms with Crippen molar-refractivity contribution in [3.8, 4) is 11.5 Å².